The summed E-state index contributed by atoms with van der Waals surface area (Å²) in [6.07, 6.45) is 113. The van der Waals surface area contributed by atoms with Crippen molar-refractivity contribution < 1.29 is 75.8 Å². The minimum atomic E-state index is -4.95. The van der Waals surface area contributed by atoms with Gasteiger partial charge in [0.2, 0.25) is 0 Å². The normalized spacial score (nSPS) is 14.5. The molecule has 5 atom stereocenters. The van der Waals surface area contributed by atoms with Crippen molar-refractivity contribution in [2.24, 2.45) is 0 Å². The SMILES string of the molecule is CC/C=C\C/C=C\C/C=C\C/C=C\C/C=C\CCCCCCCCCCCC(=O)OCC(COP(=O)(O)OCC(O)COP(=O)(O)OCC(O)COC(=O)CCCCCCCCCCCCCCCCCCC/C=C\C/C=C\C/C=C\C/C=C\CCCCC)OC(=O)CCCCCCC/C=C\C/C=C\C/C=C\C/C=C\CCCCC. The molecular weight excluding hydrogens is 1480 g/mol. The average molecular weight is 1650 g/mol. The molecule has 0 aliphatic carbocycles. The zero-order chi connectivity index (χ0) is 83.6. The third kappa shape index (κ3) is 89.8. The first-order valence-corrected chi connectivity index (χ1v) is 48.8. The predicted molar refractivity (Wildman–Crippen MR) is 482 cm³/mol. The van der Waals surface area contributed by atoms with E-state index in [1.165, 1.54) is 161 Å². The Morgan fingerprint density at radius 3 is 0.730 bits per heavy atom. The Labute approximate surface area is 701 Å². The van der Waals surface area contributed by atoms with E-state index < -0.39 is 91.5 Å². The molecule has 115 heavy (non-hydrogen) atoms. The number of esters is 3. The molecule has 0 fully saturated rings. The van der Waals surface area contributed by atoms with Crippen LogP contribution in [0, 0.1) is 0 Å². The van der Waals surface area contributed by atoms with Crippen LogP contribution in [0.4, 0.5) is 0 Å². The summed E-state index contributed by atoms with van der Waals surface area (Å²) in [4.78, 5) is 59.0. The van der Waals surface area contributed by atoms with E-state index in [-0.39, 0.29) is 19.3 Å². The summed E-state index contributed by atoms with van der Waals surface area (Å²) in [5, 5.41) is 20.7. The van der Waals surface area contributed by atoms with E-state index in [4.69, 9.17) is 32.3 Å². The fourth-order valence-electron chi connectivity index (χ4n) is 12.3. The summed E-state index contributed by atoms with van der Waals surface area (Å²) in [6.45, 7) is 2.52. The molecule has 0 aromatic carbocycles. The highest BCUT2D eigenvalue weighted by Crippen LogP contribution is 2.45. The van der Waals surface area contributed by atoms with Crippen LogP contribution in [-0.4, -0.2) is 95.9 Å². The maximum Gasteiger partial charge on any atom is 0.472 e. The number of hydrogen-bond donors (Lipinski definition) is 4. The fraction of sp³-hybridized carbons (Fsp3) is 0.701. The smallest absolute Gasteiger partial charge is 0.463 e. The summed E-state index contributed by atoms with van der Waals surface area (Å²) in [5.74, 6) is -1.60. The molecule has 0 saturated carbocycles. The van der Waals surface area contributed by atoms with Crippen molar-refractivity contribution in [1.82, 2.24) is 0 Å². The standard InChI is InChI=1S/C97H166O16P2/c1-4-7-10-13-16-19-22-25-28-31-34-37-39-41-42-43-44-45-46-47-48-50-52-54-56-59-62-65-68-71-74-77-80-83-95(100)107-86-92(98)87-109-114(103,104)110-88-93(99)89-111-115(105,106)112-91-94(113-97(102)85-82-79-76-73-70-67-64-61-58-53-36-33-30-27-24-21-18-15-12-9-6-3)90-108-96(101)84-81-78-75-72-69-66-63-60-57-55-51-49-40-38-35-32-29-26-23-20-17-14-11-8-5-2/h8,11,16-21,25-30,34-38,41-42,49,51,53,61,64,92-94,98-99H,4-7,9-10,12-15,22-24,31-33,39-40,43-48,50,52,54-60,62-63,65-91H2,1-3H3,(H,103,104)(H,105,106)/b11-8-,19-16-,20-17-,21-18-,28-25-,29-26-,30-27-,37-34-,38-35-,42-41-,51-49-,53-36-,64-61-. The van der Waals surface area contributed by atoms with E-state index in [1.54, 1.807) is 0 Å². The second-order valence-corrected chi connectivity index (χ2v) is 33.3. The van der Waals surface area contributed by atoms with Gasteiger partial charge in [-0.3, -0.25) is 32.5 Å². The van der Waals surface area contributed by atoms with E-state index in [0.717, 1.165) is 161 Å². The van der Waals surface area contributed by atoms with Crippen LogP contribution >= 0.6 is 15.6 Å². The monoisotopic (exact) mass is 1650 g/mol. The van der Waals surface area contributed by atoms with Crippen LogP contribution in [0.1, 0.15) is 380 Å². The molecule has 0 amide bonds. The zero-order valence-electron chi connectivity index (χ0n) is 72.7. The number of carbonyl (C=O) groups excluding carboxylic acids is 3. The van der Waals surface area contributed by atoms with Gasteiger partial charge in [-0.15, -0.1) is 0 Å². The van der Waals surface area contributed by atoms with E-state index in [2.05, 4.69) is 179 Å². The van der Waals surface area contributed by atoms with E-state index in [9.17, 15) is 43.5 Å². The minimum Gasteiger partial charge on any atom is -0.463 e. The first-order valence-electron chi connectivity index (χ1n) is 45.8. The van der Waals surface area contributed by atoms with Crippen LogP contribution in [0.5, 0.6) is 0 Å². The van der Waals surface area contributed by atoms with Crippen LogP contribution in [0.15, 0.2) is 158 Å². The van der Waals surface area contributed by atoms with E-state index in [1.807, 2.05) is 0 Å². The molecule has 0 radical (unpaired) electrons. The first-order chi connectivity index (χ1) is 56.2. The number of unbranched alkanes of at least 4 members (excludes halogenated alkanes) is 37. The van der Waals surface area contributed by atoms with Gasteiger partial charge in [0.05, 0.1) is 26.4 Å². The maximum atomic E-state index is 13.1. The molecule has 16 nitrogen and oxygen atoms in total. The molecule has 0 aliphatic rings. The summed E-state index contributed by atoms with van der Waals surface area (Å²) in [5.41, 5.74) is 0. The molecule has 0 aliphatic heterocycles. The molecule has 0 saturated heterocycles. The van der Waals surface area contributed by atoms with Crippen molar-refractivity contribution in [3.05, 3.63) is 158 Å². The second kappa shape index (κ2) is 88.5. The summed E-state index contributed by atoms with van der Waals surface area (Å²) in [6, 6.07) is 0. The Hall–Kier alpha value is -4.83. The Balaban J connectivity index is 4.57. The van der Waals surface area contributed by atoms with Gasteiger partial charge in [0, 0.05) is 19.3 Å². The quantitative estimate of drug-likeness (QED) is 0.0146. The van der Waals surface area contributed by atoms with Gasteiger partial charge < -0.3 is 34.2 Å². The molecule has 660 valence electrons. The minimum absolute atomic E-state index is 0.0781. The topological polar surface area (TPSA) is 231 Å². The van der Waals surface area contributed by atoms with Gasteiger partial charge in [0.1, 0.15) is 25.4 Å². The largest absolute Gasteiger partial charge is 0.472 e. The van der Waals surface area contributed by atoms with E-state index >= 15 is 0 Å². The molecule has 0 aromatic heterocycles. The maximum absolute atomic E-state index is 13.1. The third-order valence-corrected chi connectivity index (χ3v) is 21.1. The van der Waals surface area contributed by atoms with E-state index in [0.29, 0.717) is 19.3 Å². The summed E-state index contributed by atoms with van der Waals surface area (Å²) < 4.78 is 61.4. The highest BCUT2D eigenvalue weighted by Gasteiger charge is 2.29. The molecule has 0 heterocycles. The highest BCUT2D eigenvalue weighted by molar-refractivity contribution is 7.47. The van der Waals surface area contributed by atoms with Crippen molar-refractivity contribution in [2.75, 3.05) is 39.6 Å². The molecule has 0 spiro atoms. The molecule has 0 aromatic rings. The molecular formula is C97H166O16P2. The number of rotatable bonds is 86. The number of aliphatic hydroxyl groups excluding tert-OH is 2. The molecule has 4 N–H and O–H groups in total. The van der Waals surface area contributed by atoms with Gasteiger partial charge >= 0.3 is 33.6 Å². The van der Waals surface area contributed by atoms with Crippen LogP contribution in [0.2, 0.25) is 0 Å². The van der Waals surface area contributed by atoms with Gasteiger partial charge in [-0.05, 0) is 154 Å². The van der Waals surface area contributed by atoms with Crippen molar-refractivity contribution >= 4 is 33.6 Å². The lowest BCUT2D eigenvalue weighted by atomic mass is 10.0. The fourth-order valence-corrected chi connectivity index (χ4v) is 13.9. The van der Waals surface area contributed by atoms with Crippen LogP contribution < -0.4 is 0 Å². The van der Waals surface area contributed by atoms with Gasteiger partial charge in [-0.2, -0.15) is 0 Å². The van der Waals surface area contributed by atoms with Crippen LogP contribution in [-0.2, 0) is 55.8 Å². The number of ether oxygens (including phenoxy) is 3. The predicted octanol–water partition coefficient (Wildman–Crippen LogP) is 28.1. The first kappa shape index (κ1) is 110. The molecule has 5 unspecified atom stereocenters. The van der Waals surface area contributed by atoms with Crippen molar-refractivity contribution in [3.8, 4) is 0 Å². The zero-order valence-corrected chi connectivity index (χ0v) is 74.5. The molecule has 0 bridgehead atoms. The third-order valence-electron chi connectivity index (χ3n) is 19.2. The average Bonchev–Trinajstić information content (AvgIpc) is 0.925. The summed E-state index contributed by atoms with van der Waals surface area (Å²) in [7, 11) is -9.82. The van der Waals surface area contributed by atoms with Gasteiger partial charge in [-0.1, -0.05) is 365 Å². The molecule has 0 rings (SSSR count). The number of allylic oxidation sites excluding steroid dienone is 26. The van der Waals surface area contributed by atoms with Crippen molar-refractivity contribution in [3.63, 3.8) is 0 Å². The number of aliphatic hydroxyl groups is 2. The van der Waals surface area contributed by atoms with Crippen LogP contribution in [0.25, 0.3) is 0 Å². The lowest BCUT2D eigenvalue weighted by Gasteiger charge is -2.21. The molecule has 18 heteroatoms. The number of carbonyl (C=O) groups is 3. The number of hydrogen-bond acceptors (Lipinski definition) is 14. The lowest BCUT2D eigenvalue weighted by Crippen LogP contribution is -2.30. The Morgan fingerprint density at radius 2 is 0.461 bits per heavy atom. The Bertz CT molecular complexity index is 2720. The van der Waals surface area contributed by atoms with Crippen molar-refractivity contribution in [1.29, 1.82) is 0 Å². The number of phosphoric acid groups is 2. The van der Waals surface area contributed by atoms with Gasteiger partial charge in [-0.25, -0.2) is 9.13 Å². The highest BCUT2D eigenvalue weighted by atomic mass is 31.2. The Kier molecular flexibility index (Phi) is 84.7. The van der Waals surface area contributed by atoms with Gasteiger partial charge in [0.15, 0.2) is 6.10 Å². The lowest BCUT2D eigenvalue weighted by molar-refractivity contribution is -0.161. The Morgan fingerprint density at radius 1 is 0.252 bits per heavy atom. The van der Waals surface area contributed by atoms with Gasteiger partial charge in [0.25, 0.3) is 0 Å². The second-order valence-electron chi connectivity index (χ2n) is 30.4. The summed E-state index contributed by atoms with van der Waals surface area (Å²) >= 11 is 0. The van der Waals surface area contributed by atoms with Crippen LogP contribution in [0.3, 0.4) is 0 Å². The van der Waals surface area contributed by atoms with Crippen molar-refractivity contribution in [2.45, 2.75) is 399 Å². The number of phosphoric ester groups is 2.